The van der Waals surface area contributed by atoms with E-state index in [9.17, 15) is 0 Å². The van der Waals surface area contributed by atoms with Gasteiger partial charge in [0.25, 0.3) is 0 Å². The van der Waals surface area contributed by atoms with Gasteiger partial charge in [-0.25, -0.2) is 0 Å². The van der Waals surface area contributed by atoms with Gasteiger partial charge in [-0.05, 0) is 41.3 Å². The normalized spacial score (nSPS) is 10.3. The third kappa shape index (κ3) is 3.49. The SMILES string of the molecule is COc1ccc(-c2ccc(C(=S)c3ccc(C)cc3)cc2)cc1. The molecule has 0 atom stereocenters. The van der Waals surface area contributed by atoms with Crippen molar-refractivity contribution in [2.75, 3.05) is 7.11 Å². The van der Waals surface area contributed by atoms with Crippen LogP contribution in [0.3, 0.4) is 0 Å². The second-order valence-electron chi connectivity index (χ2n) is 5.50. The molecule has 0 aromatic heterocycles. The highest BCUT2D eigenvalue weighted by molar-refractivity contribution is 7.81. The minimum absolute atomic E-state index is 0.867. The maximum atomic E-state index is 5.61. The summed E-state index contributed by atoms with van der Waals surface area (Å²) in [7, 11) is 1.68. The predicted molar refractivity (Wildman–Crippen MR) is 100 cm³/mol. The molecule has 0 amide bonds. The van der Waals surface area contributed by atoms with E-state index >= 15 is 0 Å². The summed E-state index contributed by atoms with van der Waals surface area (Å²) in [5, 5.41) is 0. The van der Waals surface area contributed by atoms with Crippen molar-refractivity contribution in [2.24, 2.45) is 0 Å². The van der Waals surface area contributed by atoms with Gasteiger partial charge in [-0.1, -0.05) is 78.4 Å². The predicted octanol–water partition coefficient (Wildman–Crippen LogP) is 5.44. The Morgan fingerprint density at radius 3 is 1.61 bits per heavy atom. The second kappa shape index (κ2) is 6.76. The van der Waals surface area contributed by atoms with Crippen LogP contribution in [-0.4, -0.2) is 12.0 Å². The maximum absolute atomic E-state index is 5.61. The zero-order valence-corrected chi connectivity index (χ0v) is 14.1. The minimum atomic E-state index is 0.867. The monoisotopic (exact) mass is 318 g/mol. The lowest BCUT2D eigenvalue weighted by atomic mass is 9.99. The molecule has 0 saturated heterocycles. The number of thiocarbonyl (C=S) groups is 1. The van der Waals surface area contributed by atoms with E-state index in [1.165, 1.54) is 16.7 Å². The van der Waals surface area contributed by atoms with Gasteiger partial charge in [0.05, 0.1) is 12.0 Å². The number of hydrogen-bond donors (Lipinski definition) is 0. The Hall–Kier alpha value is -2.45. The molecule has 2 heteroatoms. The molecule has 3 rings (SSSR count). The minimum Gasteiger partial charge on any atom is -0.497 e. The van der Waals surface area contributed by atoms with Gasteiger partial charge in [-0.3, -0.25) is 0 Å². The van der Waals surface area contributed by atoms with E-state index in [0.717, 1.165) is 21.7 Å². The van der Waals surface area contributed by atoms with Crippen molar-refractivity contribution < 1.29 is 4.74 Å². The first-order valence-corrected chi connectivity index (χ1v) is 7.94. The number of aryl methyl sites for hydroxylation is 1. The average Bonchev–Trinajstić information content (AvgIpc) is 2.62. The Labute approximate surface area is 142 Å². The first-order valence-electron chi connectivity index (χ1n) is 7.53. The van der Waals surface area contributed by atoms with Crippen molar-refractivity contribution >= 4 is 17.1 Å². The van der Waals surface area contributed by atoms with Crippen LogP contribution in [0.1, 0.15) is 16.7 Å². The molecule has 0 fully saturated rings. The Bertz CT molecular complexity index is 800. The molecule has 0 spiro atoms. The summed E-state index contributed by atoms with van der Waals surface area (Å²) in [6.45, 7) is 2.08. The first kappa shape index (κ1) is 15.4. The lowest BCUT2D eigenvalue weighted by Crippen LogP contribution is -1.99. The molecular formula is C21H18OS. The molecule has 0 aliphatic rings. The van der Waals surface area contributed by atoms with Gasteiger partial charge >= 0.3 is 0 Å². The van der Waals surface area contributed by atoms with Crippen molar-refractivity contribution in [3.63, 3.8) is 0 Å². The van der Waals surface area contributed by atoms with Crippen LogP contribution in [0.15, 0.2) is 72.8 Å². The highest BCUT2D eigenvalue weighted by atomic mass is 32.1. The zero-order valence-electron chi connectivity index (χ0n) is 13.2. The summed E-state index contributed by atoms with van der Waals surface area (Å²) >= 11 is 5.61. The summed E-state index contributed by atoms with van der Waals surface area (Å²) in [5.74, 6) is 0.867. The average molecular weight is 318 g/mol. The molecule has 3 aromatic carbocycles. The van der Waals surface area contributed by atoms with Crippen LogP contribution in [0.25, 0.3) is 11.1 Å². The van der Waals surface area contributed by atoms with Gasteiger partial charge in [-0.15, -0.1) is 0 Å². The van der Waals surface area contributed by atoms with E-state index in [1.54, 1.807) is 7.11 Å². The third-order valence-corrected chi connectivity index (χ3v) is 4.36. The van der Waals surface area contributed by atoms with E-state index in [2.05, 4.69) is 67.6 Å². The molecule has 1 nitrogen and oxygen atoms in total. The summed E-state index contributed by atoms with van der Waals surface area (Å²) in [5.41, 5.74) is 5.73. The van der Waals surface area contributed by atoms with Crippen molar-refractivity contribution in [3.8, 4) is 16.9 Å². The summed E-state index contributed by atoms with van der Waals surface area (Å²) in [6, 6.07) is 24.8. The standard InChI is InChI=1S/C21H18OS/c1-15-3-5-18(6-4-15)21(23)19-9-7-16(8-10-19)17-11-13-20(22-2)14-12-17/h3-14H,1-2H3. The Morgan fingerprint density at radius 2 is 1.13 bits per heavy atom. The fraction of sp³-hybridized carbons (Fsp3) is 0.0952. The van der Waals surface area contributed by atoms with E-state index < -0.39 is 0 Å². The smallest absolute Gasteiger partial charge is 0.118 e. The van der Waals surface area contributed by atoms with Crippen molar-refractivity contribution in [1.82, 2.24) is 0 Å². The largest absolute Gasteiger partial charge is 0.497 e. The number of benzene rings is 3. The fourth-order valence-corrected chi connectivity index (χ4v) is 2.74. The molecule has 114 valence electrons. The van der Waals surface area contributed by atoms with Gasteiger partial charge in [0.15, 0.2) is 0 Å². The quantitative estimate of drug-likeness (QED) is 0.468. The Kier molecular flexibility index (Phi) is 4.54. The topological polar surface area (TPSA) is 9.23 Å². The molecule has 23 heavy (non-hydrogen) atoms. The highest BCUT2D eigenvalue weighted by Gasteiger charge is 2.05. The number of ether oxygens (including phenoxy) is 1. The molecular weight excluding hydrogens is 300 g/mol. The van der Waals surface area contributed by atoms with Gasteiger partial charge in [-0.2, -0.15) is 0 Å². The van der Waals surface area contributed by atoms with Gasteiger partial charge in [0, 0.05) is 0 Å². The van der Waals surface area contributed by atoms with Crippen LogP contribution in [0, 0.1) is 6.92 Å². The first-order chi connectivity index (χ1) is 11.2. The zero-order chi connectivity index (χ0) is 16.2. The number of methoxy groups -OCH3 is 1. The lowest BCUT2D eigenvalue weighted by Gasteiger charge is -2.07. The van der Waals surface area contributed by atoms with Gasteiger partial charge in [0.1, 0.15) is 5.75 Å². The highest BCUT2D eigenvalue weighted by Crippen LogP contribution is 2.23. The van der Waals surface area contributed by atoms with Crippen molar-refractivity contribution in [2.45, 2.75) is 6.92 Å². The lowest BCUT2D eigenvalue weighted by molar-refractivity contribution is 0.415. The molecule has 0 N–H and O–H groups in total. The molecule has 0 unspecified atom stereocenters. The Balaban J connectivity index is 1.83. The van der Waals surface area contributed by atoms with Gasteiger partial charge < -0.3 is 4.74 Å². The number of rotatable bonds is 4. The van der Waals surface area contributed by atoms with Crippen molar-refractivity contribution in [1.29, 1.82) is 0 Å². The summed E-state index contributed by atoms with van der Waals surface area (Å²) in [4.78, 5) is 0.881. The maximum Gasteiger partial charge on any atom is 0.118 e. The van der Waals surface area contributed by atoms with E-state index in [-0.39, 0.29) is 0 Å². The van der Waals surface area contributed by atoms with Crippen LogP contribution in [0.4, 0.5) is 0 Å². The molecule has 3 aromatic rings. The second-order valence-corrected chi connectivity index (χ2v) is 5.91. The van der Waals surface area contributed by atoms with Crippen molar-refractivity contribution in [3.05, 3.63) is 89.5 Å². The molecule has 0 aliphatic heterocycles. The number of hydrogen-bond acceptors (Lipinski definition) is 2. The van der Waals surface area contributed by atoms with E-state index in [4.69, 9.17) is 17.0 Å². The molecule has 0 aliphatic carbocycles. The van der Waals surface area contributed by atoms with E-state index in [0.29, 0.717) is 0 Å². The molecule has 0 bridgehead atoms. The van der Waals surface area contributed by atoms with Gasteiger partial charge in [0.2, 0.25) is 0 Å². The van der Waals surface area contributed by atoms with Crippen LogP contribution in [0.5, 0.6) is 5.75 Å². The Morgan fingerprint density at radius 1 is 0.696 bits per heavy atom. The molecule has 0 saturated carbocycles. The summed E-state index contributed by atoms with van der Waals surface area (Å²) in [6.07, 6.45) is 0. The van der Waals surface area contributed by atoms with Crippen LogP contribution in [-0.2, 0) is 0 Å². The van der Waals surface area contributed by atoms with Crippen LogP contribution in [0.2, 0.25) is 0 Å². The van der Waals surface area contributed by atoms with E-state index in [1.807, 2.05) is 12.1 Å². The fourth-order valence-electron chi connectivity index (χ4n) is 2.47. The molecule has 0 heterocycles. The summed E-state index contributed by atoms with van der Waals surface area (Å²) < 4.78 is 5.20. The van der Waals surface area contributed by atoms with Crippen LogP contribution >= 0.6 is 12.2 Å². The van der Waals surface area contributed by atoms with Crippen LogP contribution < -0.4 is 4.74 Å². The molecule has 0 radical (unpaired) electrons. The third-order valence-electron chi connectivity index (χ3n) is 3.88.